The first-order valence-corrected chi connectivity index (χ1v) is 17.4. The van der Waals surface area contributed by atoms with Crippen LogP contribution in [-0.4, -0.2) is 0 Å². The van der Waals surface area contributed by atoms with Crippen LogP contribution in [-0.2, 0) is 6.54 Å². The van der Waals surface area contributed by atoms with Gasteiger partial charge in [0, 0.05) is 34.7 Å². The van der Waals surface area contributed by atoms with E-state index in [1.54, 1.807) is 0 Å². The summed E-state index contributed by atoms with van der Waals surface area (Å²) in [6.45, 7) is 8.65. The highest BCUT2D eigenvalue weighted by atomic mass is 15.1. The van der Waals surface area contributed by atoms with Crippen LogP contribution in [0, 0.1) is 0 Å². The van der Waals surface area contributed by atoms with Crippen molar-refractivity contribution < 1.29 is 0 Å². The van der Waals surface area contributed by atoms with E-state index < -0.39 is 0 Å². The number of rotatable bonds is 10. The molecule has 0 N–H and O–H groups in total. The summed E-state index contributed by atoms with van der Waals surface area (Å²) in [7, 11) is 0. The predicted molar refractivity (Wildman–Crippen MR) is 220 cm³/mol. The lowest BCUT2D eigenvalue weighted by Crippen LogP contribution is -2.16. The van der Waals surface area contributed by atoms with Crippen molar-refractivity contribution in [1.82, 2.24) is 0 Å². The van der Waals surface area contributed by atoms with Gasteiger partial charge in [-0.25, -0.2) is 0 Å². The van der Waals surface area contributed by atoms with E-state index in [1.807, 2.05) is 12.2 Å². The molecule has 0 aliphatic heterocycles. The van der Waals surface area contributed by atoms with Gasteiger partial charge in [0.2, 0.25) is 0 Å². The first kappa shape index (κ1) is 31.6. The van der Waals surface area contributed by atoms with Crippen LogP contribution in [0.5, 0.6) is 0 Å². The smallest absolute Gasteiger partial charge is 0.0540 e. The number of hydrogen-bond donors (Lipinski definition) is 0. The third kappa shape index (κ3) is 6.44. The highest BCUT2D eigenvalue weighted by molar-refractivity contribution is 5.99. The van der Waals surface area contributed by atoms with Crippen molar-refractivity contribution in [3.8, 4) is 11.1 Å². The van der Waals surface area contributed by atoms with Crippen LogP contribution in [0.25, 0.3) is 44.8 Å². The highest BCUT2D eigenvalue weighted by Crippen LogP contribution is 2.40. The maximum absolute atomic E-state index is 3.95. The Bertz CT molecular complexity index is 2450. The summed E-state index contributed by atoms with van der Waals surface area (Å²) in [5, 5.41) is 4.95. The van der Waals surface area contributed by atoms with Crippen LogP contribution >= 0.6 is 0 Å². The quantitative estimate of drug-likeness (QED) is 0.145. The lowest BCUT2D eigenvalue weighted by Gasteiger charge is -2.27. The third-order valence-corrected chi connectivity index (χ3v) is 9.68. The van der Waals surface area contributed by atoms with E-state index in [2.05, 4.69) is 205 Å². The van der Waals surface area contributed by atoms with E-state index >= 15 is 0 Å². The van der Waals surface area contributed by atoms with E-state index in [0.29, 0.717) is 0 Å². The molecule has 0 atom stereocenters. The van der Waals surface area contributed by atoms with E-state index in [-0.39, 0.29) is 0 Å². The molecule has 8 aromatic rings. The van der Waals surface area contributed by atoms with Crippen molar-refractivity contribution in [3.63, 3.8) is 0 Å². The summed E-state index contributed by atoms with van der Waals surface area (Å²) in [6.07, 6.45) is 3.77. The number of hydrogen-bond acceptors (Lipinski definition) is 2. The second-order valence-electron chi connectivity index (χ2n) is 12.7. The number of benzene rings is 8. The van der Waals surface area contributed by atoms with Crippen LogP contribution in [0.3, 0.4) is 0 Å². The van der Waals surface area contributed by atoms with E-state index in [1.165, 1.54) is 38.2 Å². The molecule has 0 saturated carbocycles. The molecule has 0 bridgehead atoms. The Balaban J connectivity index is 1.13. The minimum Gasteiger partial charge on any atom is -0.337 e. The first-order valence-electron chi connectivity index (χ1n) is 17.4. The van der Waals surface area contributed by atoms with Crippen molar-refractivity contribution in [2.45, 2.75) is 6.54 Å². The molecule has 0 fully saturated rings. The summed E-state index contributed by atoms with van der Waals surface area (Å²) in [4.78, 5) is 4.73. The van der Waals surface area contributed by atoms with Gasteiger partial charge in [0.15, 0.2) is 0 Å². The zero-order valence-corrected chi connectivity index (χ0v) is 28.5. The Morgan fingerprint density at radius 3 is 1.39 bits per heavy atom. The van der Waals surface area contributed by atoms with E-state index in [4.69, 9.17) is 0 Å². The second-order valence-corrected chi connectivity index (χ2v) is 12.7. The molecule has 0 unspecified atom stereocenters. The Hall–Kier alpha value is -6.64. The number of fused-ring (bicyclic) bond motifs is 2. The second kappa shape index (κ2) is 14.1. The van der Waals surface area contributed by atoms with E-state index in [9.17, 15) is 0 Å². The molecule has 8 rings (SSSR count). The normalized spacial score (nSPS) is 11.0. The Kier molecular flexibility index (Phi) is 8.72. The molecule has 0 aliphatic carbocycles. The van der Waals surface area contributed by atoms with Crippen molar-refractivity contribution in [2.75, 3.05) is 9.80 Å². The molecule has 8 aromatic carbocycles. The topological polar surface area (TPSA) is 6.48 Å². The van der Waals surface area contributed by atoms with Gasteiger partial charge in [-0.15, -0.1) is 0 Å². The van der Waals surface area contributed by atoms with Gasteiger partial charge in [0.25, 0.3) is 0 Å². The SMILES string of the molecule is C=Cc1ccc(N(Cc2cccc3ccccc23)c2ccc(-c3ccc(N(c4ccc(C=C)cc4)c4cccc5ccccc45)cc3)cc2)cc1. The molecular formula is C49H38N2. The summed E-state index contributed by atoms with van der Waals surface area (Å²) >= 11 is 0. The van der Waals surface area contributed by atoms with Crippen LogP contribution in [0.4, 0.5) is 28.4 Å². The monoisotopic (exact) mass is 654 g/mol. The maximum Gasteiger partial charge on any atom is 0.0540 e. The molecular weight excluding hydrogens is 617 g/mol. The fourth-order valence-electron chi connectivity index (χ4n) is 6.95. The average molecular weight is 655 g/mol. The minimum absolute atomic E-state index is 0.751. The lowest BCUT2D eigenvalue weighted by atomic mass is 10.0. The van der Waals surface area contributed by atoms with Gasteiger partial charge in [-0.1, -0.05) is 153 Å². The summed E-state index contributed by atoms with van der Waals surface area (Å²) in [6, 6.07) is 65.3. The van der Waals surface area contributed by atoms with Crippen molar-refractivity contribution in [3.05, 3.63) is 212 Å². The molecule has 2 heteroatoms. The number of nitrogens with zero attached hydrogens (tertiary/aromatic N) is 2. The fraction of sp³-hybridized carbons (Fsp3) is 0.0204. The van der Waals surface area contributed by atoms with Crippen LogP contribution in [0.1, 0.15) is 16.7 Å². The molecule has 244 valence electrons. The Morgan fingerprint density at radius 2 is 0.824 bits per heavy atom. The Labute approximate surface area is 300 Å². The van der Waals surface area contributed by atoms with Gasteiger partial charge in [0.05, 0.1) is 5.69 Å². The van der Waals surface area contributed by atoms with Crippen molar-refractivity contribution in [2.24, 2.45) is 0 Å². The molecule has 0 aliphatic rings. The molecule has 2 nitrogen and oxygen atoms in total. The van der Waals surface area contributed by atoms with Crippen LogP contribution in [0.2, 0.25) is 0 Å². The van der Waals surface area contributed by atoms with Crippen LogP contribution < -0.4 is 9.80 Å². The van der Waals surface area contributed by atoms with Crippen molar-refractivity contribution >= 4 is 62.1 Å². The third-order valence-electron chi connectivity index (χ3n) is 9.68. The molecule has 0 saturated heterocycles. The van der Waals surface area contributed by atoms with Gasteiger partial charge in [0.1, 0.15) is 0 Å². The summed E-state index contributed by atoms with van der Waals surface area (Å²) in [5.41, 5.74) is 11.4. The molecule has 51 heavy (non-hydrogen) atoms. The maximum atomic E-state index is 3.95. The fourth-order valence-corrected chi connectivity index (χ4v) is 6.95. The molecule has 0 radical (unpaired) electrons. The lowest BCUT2D eigenvalue weighted by molar-refractivity contribution is 0.984. The highest BCUT2D eigenvalue weighted by Gasteiger charge is 2.16. The van der Waals surface area contributed by atoms with Crippen molar-refractivity contribution in [1.29, 1.82) is 0 Å². The van der Waals surface area contributed by atoms with Crippen LogP contribution in [0.15, 0.2) is 195 Å². The Morgan fingerprint density at radius 1 is 0.392 bits per heavy atom. The standard InChI is InChI=1S/C49H38N2/c1-3-36-19-27-43(28-20-36)50(35-42-15-9-13-40-11-5-7-16-47(40)42)44-31-23-38(24-32-44)39-25-33-46(34-26-39)51(45-29-21-37(4-2)22-30-45)49-18-10-14-41-12-6-8-17-48(41)49/h3-34H,1-2,35H2. The number of anilines is 5. The first-order chi connectivity index (χ1) is 25.2. The summed E-state index contributed by atoms with van der Waals surface area (Å²) in [5.74, 6) is 0. The van der Waals surface area contributed by atoms with Gasteiger partial charge >= 0.3 is 0 Å². The van der Waals surface area contributed by atoms with E-state index in [0.717, 1.165) is 46.1 Å². The van der Waals surface area contributed by atoms with Gasteiger partial charge < -0.3 is 9.80 Å². The molecule has 0 aromatic heterocycles. The average Bonchev–Trinajstić information content (AvgIpc) is 3.21. The largest absolute Gasteiger partial charge is 0.337 e. The molecule has 0 spiro atoms. The van der Waals surface area contributed by atoms with Gasteiger partial charge in [-0.2, -0.15) is 0 Å². The predicted octanol–water partition coefficient (Wildman–Crippen LogP) is 13.8. The van der Waals surface area contributed by atoms with Gasteiger partial charge in [-0.3, -0.25) is 0 Å². The zero-order chi connectivity index (χ0) is 34.6. The molecule has 0 amide bonds. The summed E-state index contributed by atoms with van der Waals surface area (Å²) < 4.78 is 0. The zero-order valence-electron chi connectivity index (χ0n) is 28.5. The minimum atomic E-state index is 0.751. The van der Waals surface area contributed by atoms with Gasteiger partial charge in [-0.05, 0) is 98.6 Å². The molecule has 0 heterocycles.